The summed E-state index contributed by atoms with van der Waals surface area (Å²) in [5.74, 6) is 1.91. The van der Waals surface area contributed by atoms with Crippen LogP contribution in [0.4, 0.5) is 5.82 Å². The largest absolute Gasteiger partial charge is 0.357 e. The third-order valence-electron chi connectivity index (χ3n) is 4.75. The molecule has 146 valence electrons. The molecule has 0 spiro atoms. The number of nitrogens with zero attached hydrogens (tertiary/aromatic N) is 5. The second kappa shape index (κ2) is 9.97. The standard InChI is InChI=1S/C20H31N7/c1-3-21-20(23-9-12-26-10-4-5-11-26)24-17-18-7-6-8-22-19(18)27-15-13-25(2)14-16-27/h4-8,10-11H,3,9,12-17H2,1-2H3,(H2,21,23,24). The van der Waals surface area contributed by atoms with Crippen molar-refractivity contribution in [2.45, 2.75) is 20.0 Å². The number of rotatable bonds is 7. The summed E-state index contributed by atoms with van der Waals surface area (Å²) < 4.78 is 2.16. The zero-order valence-corrected chi connectivity index (χ0v) is 16.4. The van der Waals surface area contributed by atoms with Crippen LogP contribution in [-0.2, 0) is 13.1 Å². The normalized spacial score (nSPS) is 15.8. The molecule has 0 atom stereocenters. The molecule has 0 aromatic carbocycles. The van der Waals surface area contributed by atoms with Gasteiger partial charge < -0.3 is 25.0 Å². The predicted molar refractivity (Wildman–Crippen MR) is 111 cm³/mol. The highest BCUT2D eigenvalue weighted by Crippen LogP contribution is 2.19. The van der Waals surface area contributed by atoms with Gasteiger partial charge in [0.2, 0.25) is 0 Å². The molecule has 1 fully saturated rings. The predicted octanol–water partition coefficient (Wildman–Crippen LogP) is 1.39. The second-order valence-electron chi connectivity index (χ2n) is 6.82. The fourth-order valence-electron chi connectivity index (χ4n) is 3.19. The lowest BCUT2D eigenvalue weighted by Crippen LogP contribution is -2.45. The molecular weight excluding hydrogens is 338 g/mol. The molecule has 0 saturated carbocycles. The fourth-order valence-corrected chi connectivity index (χ4v) is 3.19. The van der Waals surface area contributed by atoms with Crippen LogP contribution in [0.3, 0.4) is 0 Å². The molecule has 3 rings (SSSR count). The van der Waals surface area contributed by atoms with Crippen molar-refractivity contribution in [1.82, 2.24) is 25.1 Å². The smallest absolute Gasteiger partial charge is 0.191 e. The summed E-state index contributed by atoms with van der Waals surface area (Å²) in [6.07, 6.45) is 6.02. The van der Waals surface area contributed by atoms with Gasteiger partial charge in [-0.2, -0.15) is 0 Å². The maximum Gasteiger partial charge on any atom is 0.191 e. The van der Waals surface area contributed by atoms with E-state index in [1.54, 1.807) is 0 Å². The maximum atomic E-state index is 4.78. The van der Waals surface area contributed by atoms with Gasteiger partial charge in [-0.1, -0.05) is 6.07 Å². The van der Waals surface area contributed by atoms with E-state index in [1.165, 1.54) is 5.56 Å². The lowest BCUT2D eigenvalue weighted by atomic mass is 10.2. The Morgan fingerprint density at radius 1 is 1.11 bits per heavy atom. The van der Waals surface area contributed by atoms with Gasteiger partial charge in [0.15, 0.2) is 5.96 Å². The highest BCUT2D eigenvalue weighted by Gasteiger charge is 2.17. The Morgan fingerprint density at radius 3 is 2.63 bits per heavy atom. The van der Waals surface area contributed by atoms with Crippen LogP contribution in [0.2, 0.25) is 0 Å². The number of pyridine rings is 1. The number of nitrogens with one attached hydrogen (secondary N) is 2. The molecule has 7 nitrogen and oxygen atoms in total. The van der Waals surface area contributed by atoms with Gasteiger partial charge >= 0.3 is 0 Å². The minimum Gasteiger partial charge on any atom is -0.357 e. The molecule has 1 saturated heterocycles. The number of aliphatic imine (C=N–C) groups is 1. The molecule has 0 unspecified atom stereocenters. The molecule has 0 bridgehead atoms. The van der Waals surface area contributed by atoms with Gasteiger partial charge in [0.25, 0.3) is 0 Å². The van der Waals surface area contributed by atoms with Gasteiger partial charge in [-0.3, -0.25) is 0 Å². The van der Waals surface area contributed by atoms with Crippen LogP contribution in [0.25, 0.3) is 0 Å². The van der Waals surface area contributed by atoms with Gasteiger partial charge in [0, 0.05) is 70.0 Å². The molecule has 1 aliphatic rings. The first-order chi connectivity index (χ1) is 13.3. The van der Waals surface area contributed by atoms with Gasteiger partial charge in [-0.15, -0.1) is 0 Å². The van der Waals surface area contributed by atoms with E-state index < -0.39 is 0 Å². The van der Waals surface area contributed by atoms with Crippen LogP contribution in [0.15, 0.2) is 47.8 Å². The van der Waals surface area contributed by atoms with Crippen molar-refractivity contribution in [2.75, 3.05) is 51.2 Å². The van der Waals surface area contributed by atoms with Crippen molar-refractivity contribution in [3.05, 3.63) is 48.4 Å². The molecule has 3 heterocycles. The van der Waals surface area contributed by atoms with Gasteiger partial charge in [0.1, 0.15) is 5.82 Å². The molecule has 2 N–H and O–H groups in total. The second-order valence-corrected chi connectivity index (χ2v) is 6.82. The van der Waals surface area contributed by atoms with Gasteiger partial charge in [-0.25, -0.2) is 9.98 Å². The summed E-state index contributed by atoms with van der Waals surface area (Å²) in [6, 6.07) is 8.22. The summed E-state index contributed by atoms with van der Waals surface area (Å²) in [5.41, 5.74) is 1.17. The molecular formula is C20H31N7. The zero-order chi connectivity index (χ0) is 18.9. The number of piperazine rings is 1. The number of likely N-dealkylation sites (N-methyl/N-ethyl adjacent to an activating group) is 1. The average Bonchev–Trinajstić information content (AvgIpc) is 3.20. The van der Waals surface area contributed by atoms with Crippen LogP contribution in [0, 0.1) is 0 Å². The Balaban J connectivity index is 1.61. The minimum atomic E-state index is 0.619. The molecule has 7 heteroatoms. The summed E-state index contributed by atoms with van der Waals surface area (Å²) in [7, 11) is 2.17. The van der Waals surface area contributed by atoms with E-state index in [-0.39, 0.29) is 0 Å². The van der Waals surface area contributed by atoms with Crippen molar-refractivity contribution < 1.29 is 0 Å². The van der Waals surface area contributed by atoms with Crippen LogP contribution >= 0.6 is 0 Å². The number of aromatic nitrogens is 2. The molecule has 2 aromatic rings. The Labute approximate surface area is 162 Å². The highest BCUT2D eigenvalue weighted by atomic mass is 15.3. The van der Waals surface area contributed by atoms with Gasteiger partial charge in [0.05, 0.1) is 6.54 Å². The fraction of sp³-hybridized carbons (Fsp3) is 0.500. The van der Waals surface area contributed by atoms with Crippen molar-refractivity contribution in [1.29, 1.82) is 0 Å². The van der Waals surface area contributed by atoms with Crippen molar-refractivity contribution in [3.8, 4) is 0 Å². The topological polar surface area (TPSA) is 60.7 Å². The van der Waals surface area contributed by atoms with Crippen LogP contribution in [0.1, 0.15) is 12.5 Å². The van der Waals surface area contributed by atoms with E-state index in [4.69, 9.17) is 4.99 Å². The Kier molecular flexibility index (Phi) is 7.10. The summed E-state index contributed by atoms with van der Waals surface area (Å²) in [5, 5.41) is 6.74. The van der Waals surface area contributed by atoms with E-state index >= 15 is 0 Å². The number of guanidine groups is 1. The van der Waals surface area contributed by atoms with E-state index in [1.807, 2.05) is 24.4 Å². The van der Waals surface area contributed by atoms with E-state index in [0.717, 1.165) is 57.6 Å². The summed E-state index contributed by atoms with van der Waals surface area (Å²) in [4.78, 5) is 14.2. The van der Waals surface area contributed by atoms with E-state index in [0.29, 0.717) is 6.54 Å². The molecule has 0 radical (unpaired) electrons. The Bertz CT molecular complexity index is 703. The van der Waals surface area contributed by atoms with Crippen LogP contribution < -0.4 is 15.5 Å². The molecule has 0 amide bonds. The highest BCUT2D eigenvalue weighted by molar-refractivity contribution is 5.79. The first-order valence-corrected chi connectivity index (χ1v) is 9.76. The van der Waals surface area contributed by atoms with Crippen molar-refractivity contribution in [3.63, 3.8) is 0 Å². The zero-order valence-electron chi connectivity index (χ0n) is 16.4. The third-order valence-corrected chi connectivity index (χ3v) is 4.75. The minimum absolute atomic E-state index is 0.619. The van der Waals surface area contributed by atoms with Crippen molar-refractivity contribution in [2.24, 2.45) is 4.99 Å². The van der Waals surface area contributed by atoms with Crippen LogP contribution in [-0.4, -0.2) is 66.7 Å². The Hall–Kier alpha value is -2.54. The Morgan fingerprint density at radius 2 is 1.89 bits per heavy atom. The third kappa shape index (κ3) is 5.72. The molecule has 27 heavy (non-hydrogen) atoms. The monoisotopic (exact) mass is 369 g/mol. The van der Waals surface area contributed by atoms with E-state index in [2.05, 4.69) is 62.4 Å². The molecule has 1 aliphatic heterocycles. The number of hydrogen-bond donors (Lipinski definition) is 2. The van der Waals surface area contributed by atoms with Gasteiger partial charge in [-0.05, 0) is 32.2 Å². The number of hydrogen-bond acceptors (Lipinski definition) is 4. The molecule has 0 aliphatic carbocycles. The lowest BCUT2D eigenvalue weighted by molar-refractivity contribution is 0.312. The lowest BCUT2D eigenvalue weighted by Gasteiger charge is -2.34. The quantitative estimate of drug-likeness (QED) is 0.571. The maximum absolute atomic E-state index is 4.78. The van der Waals surface area contributed by atoms with E-state index in [9.17, 15) is 0 Å². The number of anilines is 1. The first-order valence-electron chi connectivity index (χ1n) is 9.76. The van der Waals surface area contributed by atoms with Crippen molar-refractivity contribution >= 4 is 11.8 Å². The average molecular weight is 370 g/mol. The summed E-state index contributed by atoms with van der Waals surface area (Å²) >= 11 is 0. The van der Waals surface area contributed by atoms with Crippen LogP contribution in [0.5, 0.6) is 0 Å². The molecule has 2 aromatic heterocycles. The first kappa shape index (κ1) is 19.2. The summed E-state index contributed by atoms with van der Waals surface area (Å²) in [6.45, 7) is 9.46. The SMILES string of the molecule is CCNC(=NCc1cccnc1N1CCN(C)CC1)NCCn1cccc1.